The fourth-order valence-electron chi connectivity index (χ4n) is 4.17. The lowest BCUT2D eigenvalue weighted by Gasteiger charge is -2.39. The summed E-state index contributed by atoms with van der Waals surface area (Å²) in [5, 5.41) is 7.55. The maximum absolute atomic E-state index is 5.06. The van der Waals surface area contributed by atoms with E-state index in [1.165, 1.54) is 36.4 Å². The van der Waals surface area contributed by atoms with Gasteiger partial charge in [-0.15, -0.1) is 11.3 Å². The highest BCUT2D eigenvalue weighted by Crippen LogP contribution is 2.56. The Kier molecular flexibility index (Phi) is 3.49. The van der Waals surface area contributed by atoms with Crippen LogP contribution in [-0.2, 0) is 11.0 Å². The van der Waals surface area contributed by atoms with Crippen molar-refractivity contribution in [3.05, 3.63) is 16.1 Å². The minimum atomic E-state index is 0.158. The quantitative estimate of drug-likeness (QED) is 0.890. The zero-order chi connectivity index (χ0) is 14.5. The molecule has 0 saturated heterocycles. The van der Waals surface area contributed by atoms with Crippen LogP contribution in [0.4, 0.5) is 0 Å². The molecular formula is C17H28N2S. The fourth-order valence-corrected chi connectivity index (χ4v) is 5.47. The molecule has 3 heteroatoms. The molecule has 2 saturated carbocycles. The Morgan fingerprint density at radius 2 is 2.10 bits per heavy atom. The lowest BCUT2D eigenvalue weighted by Crippen LogP contribution is -2.49. The molecule has 0 spiro atoms. The number of rotatable bonds is 3. The summed E-state index contributed by atoms with van der Waals surface area (Å²) < 4.78 is 0. The predicted octanol–water partition coefficient (Wildman–Crippen LogP) is 4.45. The topological polar surface area (TPSA) is 24.9 Å². The van der Waals surface area contributed by atoms with Gasteiger partial charge in [0.15, 0.2) is 0 Å². The van der Waals surface area contributed by atoms with Gasteiger partial charge < -0.3 is 5.32 Å². The van der Waals surface area contributed by atoms with Crippen LogP contribution in [0.1, 0.15) is 71.0 Å². The molecule has 0 aliphatic heterocycles. The van der Waals surface area contributed by atoms with Gasteiger partial charge in [-0.3, -0.25) is 0 Å². The maximum atomic E-state index is 5.06. The van der Waals surface area contributed by atoms with Crippen molar-refractivity contribution in [2.24, 2.45) is 11.8 Å². The van der Waals surface area contributed by atoms with E-state index in [0.29, 0.717) is 6.04 Å². The summed E-state index contributed by atoms with van der Waals surface area (Å²) in [5.74, 6) is 1.72. The lowest BCUT2D eigenvalue weighted by molar-refractivity contribution is 0.193. The molecule has 1 aromatic heterocycles. The second-order valence-electron chi connectivity index (χ2n) is 8.14. The Hall–Kier alpha value is -0.410. The number of nitrogens with zero attached hydrogens (tertiary/aromatic N) is 1. The van der Waals surface area contributed by atoms with Gasteiger partial charge in [0.1, 0.15) is 5.01 Å². The van der Waals surface area contributed by atoms with Crippen LogP contribution in [0.3, 0.4) is 0 Å². The Balaban J connectivity index is 1.96. The molecule has 0 radical (unpaired) electrons. The minimum Gasteiger partial charge on any atom is -0.303 e. The molecule has 2 nitrogen and oxygen atoms in total. The molecule has 0 amide bonds. The summed E-state index contributed by atoms with van der Waals surface area (Å²) in [4.78, 5) is 5.06. The second-order valence-corrected chi connectivity index (χ2v) is 9.00. The molecule has 0 aromatic carbocycles. The number of thiazole rings is 1. The first-order valence-electron chi connectivity index (χ1n) is 8.05. The third kappa shape index (κ3) is 2.33. The third-order valence-corrected chi connectivity index (χ3v) is 6.07. The van der Waals surface area contributed by atoms with Crippen molar-refractivity contribution in [2.75, 3.05) is 0 Å². The molecule has 2 fully saturated rings. The molecule has 3 atom stereocenters. The van der Waals surface area contributed by atoms with Crippen LogP contribution in [0.15, 0.2) is 5.38 Å². The number of nitrogens with one attached hydrogen (secondary N) is 1. The Morgan fingerprint density at radius 1 is 1.35 bits per heavy atom. The first-order chi connectivity index (χ1) is 9.31. The van der Waals surface area contributed by atoms with E-state index >= 15 is 0 Å². The first-order valence-corrected chi connectivity index (χ1v) is 8.93. The van der Waals surface area contributed by atoms with Crippen LogP contribution in [0.25, 0.3) is 0 Å². The van der Waals surface area contributed by atoms with Gasteiger partial charge in [0.2, 0.25) is 0 Å². The molecule has 2 bridgehead atoms. The van der Waals surface area contributed by atoms with Crippen LogP contribution in [0, 0.1) is 11.8 Å². The van der Waals surface area contributed by atoms with Crippen LogP contribution >= 0.6 is 11.3 Å². The van der Waals surface area contributed by atoms with Crippen LogP contribution in [-0.4, -0.2) is 11.0 Å². The van der Waals surface area contributed by atoms with Crippen molar-refractivity contribution in [3.63, 3.8) is 0 Å². The number of hydrogen-bond acceptors (Lipinski definition) is 3. The van der Waals surface area contributed by atoms with E-state index in [-0.39, 0.29) is 11.0 Å². The molecular weight excluding hydrogens is 264 g/mol. The van der Waals surface area contributed by atoms with Gasteiger partial charge in [-0.2, -0.15) is 0 Å². The van der Waals surface area contributed by atoms with E-state index in [9.17, 15) is 0 Å². The second kappa shape index (κ2) is 4.81. The van der Waals surface area contributed by atoms with E-state index in [2.05, 4.69) is 45.3 Å². The highest BCUT2D eigenvalue weighted by molar-refractivity contribution is 7.09. The summed E-state index contributed by atoms with van der Waals surface area (Å²) in [5.41, 5.74) is 1.58. The van der Waals surface area contributed by atoms with Gasteiger partial charge in [-0.1, -0.05) is 27.2 Å². The monoisotopic (exact) mass is 292 g/mol. The lowest BCUT2D eigenvalue weighted by atomic mass is 9.80. The number of hydrogen-bond donors (Lipinski definition) is 1. The molecule has 1 aromatic rings. The standard InChI is InChI=1S/C17H28N2S/c1-11(2)19-17(9-12-6-7-13(17)8-12)15-18-14(10-20-15)16(3,4)5/h10-13,19H,6-9H2,1-5H3. The van der Waals surface area contributed by atoms with Crippen molar-refractivity contribution in [1.29, 1.82) is 0 Å². The van der Waals surface area contributed by atoms with Crippen molar-refractivity contribution in [3.8, 4) is 0 Å². The average Bonchev–Trinajstić information content (AvgIpc) is 3.02. The van der Waals surface area contributed by atoms with Gasteiger partial charge in [0, 0.05) is 16.8 Å². The molecule has 1 N–H and O–H groups in total. The van der Waals surface area contributed by atoms with Crippen molar-refractivity contribution in [1.82, 2.24) is 10.3 Å². The van der Waals surface area contributed by atoms with Crippen molar-refractivity contribution < 1.29 is 0 Å². The van der Waals surface area contributed by atoms with Gasteiger partial charge in [-0.05, 0) is 44.9 Å². The van der Waals surface area contributed by atoms with Crippen LogP contribution < -0.4 is 5.32 Å². The van der Waals surface area contributed by atoms with Gasteiger partial charge >= 0.3 is 0 Å². The molecule has 2 aliphatic carbocycles. The van der Waals surface area contributed by atoms with Gasteiger partial charge in [0.25, 0.3) is 0 Å². The van der Waals surface area contributed by atoms with E-state index in [4.69, 9.17) is 4.98 Å². The summed E-state index contributed by atoms with van der Waals surface area (Å²) >= 11 is 1.88. The Bertz CT molecular complexity index is 485. The largest absolute Gasteiger partial charge is 0.303 e. The number of aromatic nitrogens is 1. The van der Waals surface area contributed by atoms with E-state index in [0.717, 1.165) is 11.8 Å². The van der Waals surface area contributed by atoms with E-state index in [1.807, 2.05) is 11.3 Å². The minimum absolute atomic E-state index is 0.158. The SMILES string of the molecule is CC(C)NC1(c2nc(C(C)(C)C)cs2)CC2CCC1C2. The molecule has 20 heavy (non-hydrogen) atoms. The van der Waals surface area contributed by atoms with Crippen molar-refractivity contribution in [2.45, 2.75) is 77.3 Å². The summed E-state index contributed by atoms with van der Waals surface area (Å²) in [7, 11) is 0. The third-order valence-electron chi connectivity index (χ3n) is 5.05. The average molecular weight is 292 g/mol. The van der Waals surface area contributed by atoms with Crippen molar-refractivity contribution >= 4 is 11.3 Å². The zero-order valence-corrected chi connectivity index (χ0v) is 14.3. The summed E-state index contributed by atoms with van der Waals surface area (Å²) in [6, 6.07) is 0.524. The highest BCUT2D eigenvalue weighted by Gasteiger charge is 2.53. The molecule has 2 aliphatic rings. The molecule has 3 rings (SSSR count). The maximum Gasteiger partial charge on any atom is 0.113 e. The first kappa shape index (κ1) is 14.5. The van der Waals surface area contributed by atoms with Gasteiger partial charge in [0.05, 0.1) is 11.2 Å². The molecule has 112 valence electrons. The van der Waals surface area contributed by atoms with Crippen LogP contribution in [0.5, 0.6) is 0 Å². The summed E-state index contributed by atoms with van der Waals surface area (Å²) in [6.45, 7) is 11.3. The van der Waals surface area contributed by atoms with Gasteiger partial charge in [-0.25, -0.2) is 4.98 Å². The molecule has 1 heterocycles. The zero-order valence-electron chi connectivity index (χ0n) is 13.5. The fraction of sp³-hybridized carbons (Fsp3) is 0.824. The predicted molar refractivity (Wildman–Crippen MR) is 86.2 cm³/mol. The molecule has 3 unspecified atom stereocenters. The Labute approximate surface area is 127 Å². The smallest absolute Gasteiger partial charge is 0.113 e. The Morgan fingerprint density at radius 3 is 2.55 bits per heavy atom. The van der Waals surface area contributed by atoms with E-state index in [1.54, 1.807) is 0 Å². The van der Waals surface area contributed by atoms with Crippen LogP contribution in [0.2, 0.25) is 0 Å². The highest BCUT2D eigenvalue weighted by atomic mass is 32.1. The van der Waals surface area contributed by atoms with E-state index < -0.39 is 0 Å². The normalized spacial score (nSPS) is 33.3. The number of fused-ring (bicyclic) bond motifs is 2. The summed E-state index contributed by atoms with van der Waals surface area (Å²) in [6.07, 6.45) is 5.52.